The number of benzene rings is 1. The lowest BCUT2D eigenvalue weighted by atomic mass is 10.2. The maximum atomic E-state index is 6.19. The van der Waals surface area contributed by atoms with Gasteiger partial charge >= 0.3 is 0 Å². The lowest BCUT2D eigenvalue weighted by molar-refractivity contribution is 0.424. The van der Waals surface area contributed by atoms with Crippen LogP contribution in [0.25, 0.3) is 0 Å². The van der Waals surface area contributed by atoms with Gasteiger partial charge in [0.1, 0.15) is 10.8 Å². The maximum absolute atomic E-state index is 6.19. The van der Waals surface area contributed by atoms with E-state index in [4.69, 9.17) is 27.9 Å². The number of ether oxygens (including phenoxy) is 1. The molecule has 0 spiro atoms. The summed E-state index contributed by atoms with van der Waals surface area (Å²) in [5, 5.41) is 8.81. The summed E-state index contributed by atoms with van der Waals surface area (Å²) in [6.45, 7) is 2.73. The molecule has 0 aliphatic heterocycles. The molecule has 0 radical (unpaired) electrons. The number of rotatable bonds is 5. The lowest BCUT2D eigenvalue weighted by Gasteiger charge is -2.11. The van der Waals surface area contributed by atoms with Crippen molar-refractivity contribution in [1.29, 1.82) is 0 Å². The van der Waals surface area contributed by atoms with Crippen molar-refractivity contribution >= 4 is 23.2 Å². The van der Waals surface area contributed by atoms with E-state index in [-0.39, 0.29) is 0 Å². The van der Waals surface area contributed by atoms with Crippen LogP contribution in [0, 0.1) is 6.92 Å². The molecule has 1 saturated carbocycles. The van der Waals surface area contributed by atoms with Gasteiger partial charge in [-0.15, -0.1) is 0 Å². The number of halogens is 2. The molecular weight excluding hydrogens is 309 g/mol. The van der Waals surface area contributed by atoms with Gasteiger partial charge in [-0.05, 0) is 31.9 Å². The fraction of sp³-hybridized carbons (Fsp3) is 0.400. The van der Waals surface area contributed by atoms with Crippen molar-refractivity contribution in [2.24, 2.45) is 7.05 Å². The Morgan fingerprint density at radius 2 is 2.14 bits per heavy atom. The summed E-state index contributed by atoms with van der Waals surface area (Å²) < 4.78 is 7.70. The van der Waals surface area contributed by atoms with E-state index in [2.05, 4.69) is 10.4 Å². The standard InChI is InChI=1S/C15H17Cl2N3O/c1-9-11(8-18-10-6-7-10)15(20(2)19-9)21-13-5-3-4-12(16)14(13)17/h3-5,10,18H,6-8H2,1-2H3. The Hall–Kier alpha value is -1.23. The number of hydrogen-bond acceptors (Lipinski definition) is 3. The molecule has 0 unspecified atom stereocenters. The van der Waals surface area contributed by atoms with E-state index in [9.17, 15) is 0 Å². The molecule has 6 heteroatoms. The van der Waals surface area contributed by atoms with Gasteiger partial charge in [0.2, 0.25) is 5.88 Å². The SMILES string of the molecule is Cc1nn(C)c(Oc2cccc(Cl)c2Cl)c1CNC1CC1. The van der Waals surface area contributed by atoms with Crippen molar-refractivity contribution in [3.05, 3.63) is 39.5 Å². The third-order valence-corrected chi connectivity index (χ3v) is 4.36. The fourth-order valence-corrected chi connectivity index (χ4v) is 2.54. The summed E-state index contributed by atoms with van der Waals surface area (Å²) >= 11 is 12.2. The third kappa shape index (κ3) is 3.18. The Kier molecular flexibility index (Phi) is 4.11. The Morgan fingerprint density at radius 3 is 2.86 bits per heavy atom. The number of nitrogens with one attached hydrogen (secondary N) is 1. The van der Waals surface area contributed by atoms with Crippen molar-refractivity contribution in [2.45, 2.75) is 32.4 Å². The second kappa shape index (κ2) is 5.87. The molecule has 4 nitrogen and oxygen atoms in total. The molecule has 0 atom stereocenters. The normalized spacial score (nSPS) is 14.5. The van der Waals surface area contributed by atoms with Crippen LogP contribution in [0.4, 0.5) is 0 Å². The van der Waals surface area contributed by atoms with Gasteiger partial charge in [-0.25, -0.2) is 4.68 Å². The fourth-order valence-electron chi connectivity index (χ4n) is 2.21. The molecule has 21 heavy (non-hydrogen) atoms. The van der Waals surface area contributed by atoms with Gasteiger partial charge in [-0.3, -0.25) is 0 Å². The van der Waals surface area contributed by atoms with Gasteiger partial charge in [-0.2, -0.15) is 5.10 Å². The second-order valence-electron chi connectivity index (χ2n) is 5.30. The van der Waals surface area contributed by atoms with E-state index in [0.717, 1.165) is 17.8 Å². The molecule has 1 aliphatic carbocycles. The van der Waals surface area contributed by atoms with Crippen LogP contribution in [0.2, 0.25) is 10.0 Å². The zero-order valence-corrected chi connectivity index (χ0v) is 13.5. The van der Waals surface area contributed by atoms with Crippen LogP contribution in [0.1, 0.15) is 24.1 Å². The first-order valence-corrected chi connectivity index (χ1v) is 7.69. The summed E-state index contributed by atoms with van der Waals surface area (Å²) in [6.07, 6.45) is 2.49. The highest BCUT2D eigenvalue weighted by Crippen LogP contribution is 2.36. The summed E-state index contributed by atoms with van der Waals surface area (Å²) in [4.78, 5) is 0. The van der Waals surface area contributed by atoms with Gasteiger partial charge < -0.3 is 10.1 Å². The quantitative estimate of drug-likeness (QED) is 0.900. The second-order valence-corrected chi connectivity index (χ2v) is 6.09. The highest BCUT2D eigenvalue weighted by molar-refractivity contribution is 6.42. The van der Waals surface area contributed by atoms with Crippen molar-refractivity contribution in [3.63, 3.8) is 0 Å². The van der Waals surface area contributed by atoms with Gasteiger partial charge in [-0.1, -0.05) is 29.3 Å². The molecule has 3 rings (SSSR count). The molecule has 0 amide bonds. The predicted octanol–water partition coefficient (Wildman–Crippen LogP) is 4.08. The summed E-state index contributed by atoms with van der Waals surface area (Å²) in [5.41, 5.74) is 2.01. The van der Waals surface area contributed by atoms with Crippen LogP contribution < -0.4 is 10.1 Å². The largest absolute Gasteiger partial charge is 0.437 e. The van der Waals surface area contributed by atoms with Gasteiger partial charge in [0.25, 0.3) is 0 Å². The van der Waals surface area contributed by atoms with Gasteiger partial charge in [0.15, 0.2) is 0 Å². The van der Waals surface area contributed by atoms with Crippen LogP contribution in [0.5, 0.6) is 11.6 Å². The van der Waals surface area contributed by atoms with Crippen LogP contribution >= 0.6 is 23.2 Å². The summed E-state index contributed by atoms with van der Waals surface area (Å²) in [7, 11) is 1.86. The topological polar surface area (TPSA) is 39.1 Å². The summed E-state index contributed by atoms with van der Waals surface area (Å²) in [5.74, 6) is 1.24. The average molecular weight is 326 g/mol. The Balaban J connectivity index is 1.88. The minimum absolute atomic E-state index is 0.416. The van der Waals surface area contributed by atoms with E-state index in [1.165, 1.54) is 12.8 Å². The van der Waals surface area contributed by atoms with Crippen LogP contribution in [0.15, 0.2) is 18.2 Å². The molecule has 112 valence electrons. The monoisotopic (exact) mass is 325 g/mol. The Labute approximate surface area is 134 Å². The maximum Gasteiger partial charge on any atom is 0.222 e. The minimum atomic E-state index is 0.416. The van der Waals surface area contributed by atoms with E-state index >= 15 is 0 Å². The first-order valence-electron chi connectivity index (χ1n) is 6.94. The lowest BCUT2D eigenvalue weighted by Crippen LogP contribution is -2.16. The molecule has 1 aromatic heterocycles. The average Bonchev–Trinajstić information content (AvgIpc) is 3.22. The molecule has 1 fully saturated rings. The number of aryl methyl sites for hydroxylation is 2. The zero-order chi connectivity index (χ0) is 15.0. The predicted molar refractivity (Wildman–Crippen MR) is 84.3 cm³/mol. The van der Waals surface area contributed by atoms with E-state index < -0.39 is 0 Å². The van der Waals surface area contributed by atoms with E-state index in [1.807, 2.05) is 20.0 Å². The smallest absolute Gasteiger partial charge is 0.222 e. The summed E-state index contributed by atoms with van der Waals surface area (Å²) in [6, 6.07) is 5.98. The van der Waals surface area contributed by atoms with Crippen molar-refractivity contribution in [3.8, 4) is 11.6 Å². The third-order valence-electron chi connectivity index (χ3n) is 3.56. The van der Waals surface area contributed by atoms with Crippen molar-refractivity contribution < 1.29 is 4.74 Å². The van der Waals surface area contributed by atoms with Crippen LogP contribution in [-0.4, -0.2) is 15.8 Å². The zero-order valence-electron chi connectivity index (χ0n) is 12.0. The van der Waals surface area contributed by atoms with E-state index in [0.29, 0.717) is 27.7 Å². The minimum Gasteiger partial charge on any atom is -0.437 e. The number of hydrogen-bond donors (Lipinski definition) is 1. The molecule has 0 bridgehead atoms. The Bertz CT molecular complexity index is 665. The molecule has 1 aromatic carbocycles. The van der Waals surface area contributed by atoms with Crippen LogP contribution in [0.3, 0.4) is 0 Å². The molecule has 0 saturated heterocycles. The number of nitrogens with zero attached hydrogens (tertiary/aromatic N) is 2. The number of aromatic nitrogens is 2. The van der Waals surface area contributed by atoms with E-state index in [1.54, 1.807) is 16.8 Å². The Morgan fingerprint density at radius 1 is 1.38 bits per heavy atom. The highest BCUT2D eigenvalue weighted by Gasteiger charge is 2.23. The molecule has 1 aliphatic rings. The molecule has 1 heterocycles. The van der Waals surface area contributed by atoms with Gasteiger partial charge in [0.05, 0.1) is 16.3 Å². The first kappa shape index (κ1) is 14.7. The van der Waals surface area contributed by atoms with Crippen LogP contribution in [-0.2, 0) is 13.6 Å². The van der Waals surface area contributed by atoms with Gasteiger partial charge in [0, 0.05) is 19.6 Å². The van der Waals surface area contributed by atoms with Crippen molar-refractivity contribution in [1.82, 2.24) is 15.1 Å². The molecule has 1 N–H and O–H groups in total. The molecular formula is C15H17Cl2N3O. The first-order chi connectivity index (χ1) is 10.1. The highest BCUT2D eigenvalue weighted by atomic mass is 35.5. The molecule has 2 aromatic rings. The van der Waals surface area contributed by atoms with Crippen molar-refractivity contribution in [2.75, 3.05) is 0 Å².